The van der Waals surface area contributed by atoms with Crippen molar-refractivity contribution < 1.29 is 0 Å². The Morgan fingerprint density at radius 2 is 2.32 bits per heavy atom. The van der Waals surface area contributed by atoms with Gasteiger partial charge in [-0.25, -0.2) is 4.98 Å². The number of aromatic nitrogens is 3. The summed E-state index contributed by atoms with van der Waals surface area (Å²) in [5, 5.41) is 2.47. The van der Waals surface area contributed by atoms with E-state index in [2.05, 4.69) is 38.3 Å². The number of nitrogens with zero attached hydrogens (tertiary/aromatic N) is 3. The zero-order valence-electron chi connectivity index (χ0n) is 12.7. The molecule has 1 atom stereocenters. The molecule has 4 rings (SSSR count). The van der Waals surface area contributed by atoms with Crippen molar-refractivity contribution in [2.24, 2.45) is 0 Å². The highest BCUT2D eigenvalue weighted by atomic mass is 32.2. The minimum atomic E-state index is 0.582. The molecule has 1 aliphatic heterocycles. The molecule has 4 heterocycles. The fraction of sp³-hybridized carbons (Fsp3) is 0.412. The smallest absolute Gasteiger partial charge is 0.137 e. The summed E-state index contributed by atoms with van der Waals surface area (Å²) in [7, 11) is 0. The van der Waals surface area contributed by atoms with Crippen LogP contribution in [0.25, 0.3) is 21.9 Å². The van der Waals surface area contributed by atoms with Crippen LogP contribution in [0.1, 0.15) is 31.2 Å². The number of pyridine rings is 2. The van der Waals surface area contributed by atoms with Gasteiger partial charge in [-0.2, -0.15) is 0 Å². The molecule has 0 radical (unpaired) electrons. The first-order valence-corrected chi connectivity index (χ1v) is 8.89. The van der Waals surface area contributed by atoms with Crippen molar-refractivity contribution in [2.75, 3.05) is 18.8 Å². The molecule has 4 nitrogen and oxygen atoms in total. The molecule has 0 saturated carbocycles. The fourth-order valence-electron chi connectivity index (χ4n) is 3.52. The van der Waals surface area contributed by atoms with Crippen LogP contribution < -0.4 is 0 Å². The maximum Gasteiger partial charge on any atom is 0.137 e. The number of rotatable bonds is 3. The number of fused-ring (bicyclic) bond motifs is 3. The maximum absolute atomic E-state index is 4.53. The first kappa shape index (κ1) is 14.0. The van der Waals surface area contributed by atoms with Crippen LogP contribution in [0.4, 0.5) is 0 Å². The molecule has 1 unspecified atom stereocenters. The number of hydrogen-bond acceptors (Lipinski definition) is 4. The van der Waals surface area contributed by atoms with Crippen LogP contribution in [-0.4, -0.2) is 38.1 Å². The minimum Gasteiger partial charge on any atom is -0.346 e. The molecule has 5 heteroatoms. The van der Waals surface area contributed by atoms with E-state index in [1.54, 1.807) is 0 Å². The lowest BCUT2D eigenvalue weighted by molar-refractivity contribution is 0.344. The molecular formula is C17H20N4S. The molecule has 22 heavy (non-hydrogen) atoms. The minimum absolute atomic E-state index is 0.582. The number of aromatic amines is 1. The molecule has 1 saturated heterocycles. The topological polar surface area (TPSA) is 44.8 Å². The van der Waals surface area contributed by atoms with Crippen molar-refractivity contribution in [2.45, 2.75) is 25.7 Å². The van der Waals surface area contributed by atoms with Crippen molar-refractivity contribution in [1.82, 2.24) is 19.3 Å². The number of H-pyrrole nitrogens is 1. The van der Waals surface area contributed by atoms with E-state index in [0.29, 0.717) is 5.92 Å². The van der Waals surface area contributed by atoms with Gasteiger partial charge in [0.15, 0.2) is 0 Å². The average molecular weight is 312 g/mol. The molecule has 0 amide bonds. The lowest BCUT2D eigenvalue weighted by Gasteiger charge is -2.32. The van der Waals surface area contributed by atoms with E-state index in [4.69, 9.17) is 0 Å². The molecule has 0 bridgehead atoms. The van der Waals surface area contributed by atoms with Crippen molar-refractivity contribution in [1.29, 1.82) is 0 Å². The Hall–Kier alpha value is -1.59. The predicted molar refractivity (Wildman–Crippen MR) is 93.1 cm³/mol. The van der Waals surface area contributed by atoms with Crippen LogP contribution in [0, 0.1) is 0 Å². The average Bonchev–Trinajstić information content (AvgIpc) is 3.04. The van der Waals surface area contributed by atoms with Crippen molar-refractivity contribution >= 4 is 33.9 Å². The maximum atomic E-state index is 4.53. The molecule has 1 N–H and O–H groups in total. The molecule has 0 spiro atoms. The second kappa shape index (κ2) is 5.89. The fourth-order valence-corrected chi connectivity index (χ4v) is 4.42. The summed E-state index contributed by atoms with van der Waals surface area (Å²) in [6.07, 6.45) is 8.31. The van der Waals surface area contributed by atoms with Gasteiger partial charge in [-0.3, -0.25) is 9.29 Å². The van der Waals surface area contributed by atoms with Gasteiger partial charge in [0.05, 0.1) is 11.7 Å². The van der Waals surface area contributed by atoms with Gasteiger partial charge in [-0.05, 0) is 36.5 Å². The highest BCUT2D eigenvalue weighted by Crippen LogP contribution is 2.35. The standard InChI is InChI=1S/C17H20N4S/c1-2-22-21-9-3-4-12(11-21)13-5-7-18-15-10-20-17-14(16(13)15)6-8-19-17/h5-8,10,12H,2-4,9,11H2,1H3,(H,19,20). The lowest BCUT2D eigenvalue weighted by atomic mass is 9.89. The zero-order valence-corrected chi connectivity index (χ0v) is 13.6. The molecule has 0 aliphatic carbocycles. The van der Waals surface area contributed by atoms with Crippen LogP contribution >= 0.6 is 11.9 Å². The van der Waals surface area contributed by atoms with E-state index >= 15 is 0 Å². The van der Waals surface area contributed by atoms with Gasteiger partial charge in [-0.1, -0.05) is 18.9 Å². The van der Waals surface area contributed by atoms with E-state index in [1.807, 2.05) is 30.5 Å². The highest BCUT2D eigenvalue weighted by Gasteiger charge is 2.23. The molecular weight excluding hydrogens is 292 g/mol. The second-order valence-electron chi connectivity index (χ2n) is 5.80. The van der Waals surface area contributed by atoms with Gasteiger partial charge in [0.25, 0.3) is 0 Å². The predicted octanol–water partition coefficient (Wildman–Crippen LogP) is 3.96. The Morgan fingerprint density at radius 3 is 3.23 bits per heavy atom. The van der Waals surface area contributed by atoms with Gasteiger partial charge in [-0.15, -0.1) is 0 Å². The normalized spacial score (nSPS) is 20.0. The number of piperidine rings is 1. The van der Waals surface area contributed by atoms with Crippen molar-refractivity contribution in [3.63, 3.8) is 0 Å². The van der Waals surface area contributed by atoms with Gasteiger partial charge in [0, 0.05) is 42.0 Å². The van der Waals surface area contributed by atoms with Gasteiger partial charge >= 0.3 is 0 Å². The molecule has 3 aromatic heterocycles. The van der Waals surface area contributed by atoms with E-state index in [9.17, 15) is 0 Å². The van der Waals surface area contributed by atoms with Gasteiger partial charge in [0.2, 0.25) is 0 Å². The lowest BCUT2D eigenvalue weighted by Crippen LogP contribution is -2.29. The second-order valence-corrected chi connectivity index (χ2v) is 7.16. The summed E-state index contributed by atoms with van der Waals surface area (Å²) in [5.41, 5.74) is 3.39. The van der Waals surface area contributed by atoms with Crippen molar-refractivity contribution in [3.05, 3.63) is 36.3 Å². The van der Waals surface area contributed by atoms with Crippen LogP contribution in [0.15, 0.2) is 30.7 Å². The first-order chi connectivity index (χ1) is 10.9. The Kier molecular flexibility index (Phi) is 3.76. The molecule has 1 aliphatic rings. The molecule has 1 fully saturated rings. The molecule has 114 valence electrons. The third kappa shape index (κ3) is 2.38. The molecule has 3 aromatic rings. The van der Waals surface area contributed by atoms with E-state index in [1.165, 1.54) is 35.7 Å². The highest BCUT2D eigenvalue weighted by molar-refractivity contribution is 7.96. The quantitative estimate of drug-likeness (QED) is 0.744. The van der Waals surface area contributed by atoms with Crippen LogP contribution in [-0.2, 0) is 0 Å². The third-order valence-electron chi connectivity index (χ3n) is 4.46. The van der Waals surface area contributed by atoms with Crippen LogP contribution in [0.2, 0.25) is 0 Å². The van der Waals surface area contributed by atoms with E-state index < -0.39 is 0 Å². The third-order valence-corrected chi connectivity index (χ3v) is 5.41. The molecule has 0 aromatic carbocycles. The van der Waals surface area contributed by atoms with Crippen molar-refractivity contribution in [3.8, 4) is 0 Å². The SMILES string of the molecule is CCSN1CCCC(c2ccnc3cnc4[nH]ccc4c23)C1. The van der Waals surface area contributed by atoms with Crippen LogP contribution in [0.5, 0.6) is 0 Å². The van der Waals surface area contributed by atoms with Gasteiger partial charge in [0.1, 0.15) is 5.65 Å². The largest absolute Gasteiger partial charge is 0.346 e. The van der Waals surface area contributed by atoms with E-state index in [0.717, 1.165) is 23.5 Å². The monoisotopic (exact) mass is 312 g/mol. The number of nitrogens with one attached hydrogen (secondary N) is 1. The van der Waals surface area contributed by atoms with Crippen LogP contribution in [0.3, 0.4) is 0 Å². The summed E-state index contributed by atoms with van der Waals surface area (Å²) >= 11 is 1.96. The summed E-state index contributed by atoms with van der Waals surface area (Å²) in [5.74, 6) is 1.73. The Balaban J connectivity index is 1.82. The Labute approximate surface area is 134 Å². The zero-order chi connectivity index (χ0) is 14.9. The van der Waals surface area contributed by atoms with Gasteiger partial charge < -0.3 is 4.98 Å². The summed E-state index contributed by atoms with van der Waals surface area (Å²) in [4.78, 5) is 12.2. The summed E-state index contributed by atoms with van der Waals surface area (Å²) in [6, 6.07) is 4.33. The summed E-state index contributed by atoms with van der Waals surface area (Å²) in [6.45, 7) is 4.57. The Morgan fingerprint density at radius 1 is 1.36 bits per heavy atom. The summed E-state index contributed by atoms with van der Waals surface area (Å²) < 4.78 is 2.52. The number of hydrogen-bond donors (Lipinski definition) is 1. The first-order valence-electron chi connectivity index (χ1n) is 7.95. The Bertz CT molecular complexity index is 796. The van der Waals surface area contributed by atoms with E-state index in [-0.39, 0.29) is 0 Å².